The highest BCUT2D eigenvalue weighted by Gasteiger charge is 2.21. The monoisotopic (exact) mass is 339 g/mol. The Labute approximate surface area is 142 Å². The van der Waals surface area contributed by atoms with Crippen molar-refractivity contribution in [2.75, 3.05) is 49.6 Å². The molecule has 0 aliphatic carbocycles. The van der Waals surface area contributed by atoms with Gasteiger partial charge >= 0.3 is 0 Å². The highest BCUT2D eigenvalue weighted by Crippen LogP contribution is 2.28. The molecule has 0 unspecified atom stereocenters. The van der Waals surface area contributed by atoms with E-state index in [9.17, 15) is 9.18 Å². The van der Waals surface area contributed by atoms with E-state index in [2.05, 4.69) is 22.0 Å². The van der Waals surface area contributed by atoms with E-state index in [1.807, 2.05) is 19.2 Å². The molecule has 6 heteroatoms. The zero-order valence-corrected chi connectivity index (χ0v) is 15.0. The predicted octanol–water partition coefficient (Wildman–Crippen LogP) is 2.51. The molecule has 1 atom stereocenters. The molecular formula is C17H26FN3OS. The molecular weight excluding hydrogens is 313 g/mol. The van der Waals surface area contributed by atoms with E-state index in [0.717, 1.165) is 44.0 Å². The normalized spacial score (nSPS) is 17.1. The van der Waals surface area contributed by atoms with Crippen molar-refractivity contribution < 1.29 is 9.18 Å². The first-order valence-electron chi connectivity index (χ1n) is 8.10. The van der Waals surface area contributed by atoms with Crippen molar-refractivity contribution in [1.82, 2.24) is 10.2 Å². The van der Waals surface area contributed by atoms with Crippen molar-refractivity contribution in [2.24, 2.45) is 0 Å². The number of likely N-dealkylation sites (N-methyl/N-ethyl adjacent to an activating group) is 1. The van der Waals surface area contributed by atoms with Crippen molar-refractivity contribution in [1.29, 1.82) is 0 Å². The lowest BCUT2D eigenvalue weighted by atomic mass is 10.0. The van der Waals surface area contributed by atoms with Gasteiger partial charge in [-0.3, -0.25) is 4.79 Å². The maximum Gasteiger partial charge on any atom is 0.230 e. The molecule has 1 fully saturated rings. The average molecular weight is 339 g/mol. The number of carbonyl (C=O) groups excluding carboxylic acids is 1. The summed E-state index contributed by atoms with van der Waals surface area (Å²) >= 11 is 1.48. The highest BCUT2D eigenvalue weighted by molar-refractivity contribution is 7.99. The molecule has 1 aromatic rings. The Hall–Kier alpha value is -1.27. The summed E-state index contributed by atoms with van der Waals surface area (Å²) in [6.07, 6.45) is 1.89. The molecule has 1 aliphatic rings. The topological polar surface area (TPSA) is 35.6 Å². The van der Waals surface area contributed by atoms with Crippen molar-refractivity contribution in [3.05, 3.63) is 29.6 Å². The van der Waals surface area contributed by atoms with Gasteiger partial charge in [-0.25, -0.2) is 4.39 Å². The van der Waals surface area contributed by atoms with Crippen molar-refractivity contribution >= 4 is 23.4 Å². The Morgan fingerprint density at radius 2 is 2.04 bits per heavy atom. The van der Waals surface area contributed by atoms with E-state index in [-0.39, 0.29) is 17.8 Å². The maximum atomic E-state index is 13.7. The van der Waals surface area contributed by atoms with Gasteiger partial charge in [-0.05, 0) is 37.9 Å². The lowest BCUT2D eigenvalue weighted by molar-refractivity contribution is -0.119. The lowest BCUT2D eigenvalue weighted by Gasteiger charge is -2.37. The van der Waals surface area contributed by atoms with E-state index in [1.165, 1.54) is 17.8 Å². The zero-order valence-electron chi connectivity index (χ0n) is 14.1. The van der Waals surface area contributed by atoms with E-state index >= 15 is 0 Å². The minimum Gasteiger partial charge on any atom is -0.369 e. The fraction of sp³-hybridized carbons (Fsp3) is 0.588. The standard InChI is InChI=1S/C17H26FN3OS/c1-4-20-7-9-21(10-8-20)16-6-5-14(18)11-15(16)13(2)19-17(22)12-23-3/h5-6,11,13H,4,7-10,12H2,1-3H3,(H,19,22)/t13-/m0/s1. The predicted molar refractivity (Wildman–Crippen MR) is 95.7 cm³/mol. The van der Waals surface area contributed by atoms with Gasteiger partial charge in [0.1, 0.15) is 5.82 Å². The van der Waals surface area contributed by atoms with E-state index in [1.54, 1.807) is 6.07 Å². The number of thioether (sulfide) groups is 1. The minimum atomic E-state index is -0.262. The number of hydrogen-bond donors (Lipinski definition) is 1. The molecule has 2 rings (SSSR count). The van der Waals surface area contributed by atoms with Crippen LogP contribution in [0.4, 0.5) is 10.1 Å². The summed E-state index contributed by atoms with van der Waals surface area (Å²) in [6.45, 7) is 9.03. The van der Waals surface area contributed by atoms with Crippen molar-refractivity contribution in [2.45, 2.75) is 19.9 Å². The van der Waals surface area contributed by atoms with Gasteiger partial charge in [-0.1, -0.05) is 6.92 Å². The summed E-state index contributed by atoms with van der Waals surface area (Å²) in [5.41, 5.74) is 1.88. The summed E-state index contributed by atoms with van der Waals surface area (Å²) in [7, 11) is 0. The Balaban J connectivity index is 2.15. The summed E-state index contributed by atoms with van der Waals surface area (Å²) in [5, 5.41) is 2.96. The molecule has 128 valence electrons. The summed E-state index contributed by atoms with van der Waals surface area (Å²) in [4.78, 5) is 16.5. The number of nitrogens with one attached hydrogen (secondary N) is 1. The van der Waals surface area contributed by atoms with Gasteiger partial charge in [0.25, 0.3) is 0 Å². The Bertz CT molecular complexity index is 533. The van der Waals surface area contributed by atoms with E-state index in [4.69, 9.17) is 0 Å². The van der Waals surface area contributed by atoms with Gasteiger partial charge in [0.15, 0.2) is 0 Å². The lowest BCUT2D eigenvalue weighted by Crippen LogP contribution is -2.46. The maximum absolute atomic E-state index is 13.7. The van der Waals surface area contributed by atoms with Gasteiger partial charge in [-0.15, -0.1) is 0 Å². The van der Waals surface area contributed by atoms with Crippen LogP contribution in [0.3, 0.4) is 0 Å². The zero-order chi connectivity index (χ0) is 16.8. The van der Waals surface area contributed by atoms with Crippen LogP contribution in [-0.4, -0.2) is 55.5 Å². The Morgan fingerprint density at radius 3 is 2.65 bits per heavy atom. The van der Waals surface area contributed by atoms with Crippen LogP contribution in [0.5, 0.6) is 0 Å². The van der Waals surface area contributed by atoms with E-state index < -0.39 is 0 Å². The number of amides is 1. The Kier molecular flexibility index (Phi) is 6.72. The van der Waals surface area contributed by atoms with Crippen molar-refractivity contribution in [3.8, 4) is 0 Å². The number of hydrogen-bond acceptors (Lipinski definition) is 4. The first-order valence-corrected chi connectivity index (χ1v) is 9.49. The third-order valence-corrected chi connectivity index (χ3v) is 4.82. The first-order chi connectivity index (χ1) is 11.0. The summed E-state index contributed by atoms with van der Waals surface area (Å²) in [6, 6.07) is 4.68. The fourth-order valence-corrected chi connectivity index (χ4v) is 3.30. The molecule has 1 aliphatic heterocycles. The average Bonchev–Trinajstić information content (AvgIpc) is 2.55. The second-order valence-corrected chi connectivity index (χ2v) is 6.71. The summed E-state index contributed by atoms with van der Waals surface area (Å²) < 4.78 is 13.7. The van der Waals surface area contributed by atoms with E-state index in [0.29, 0.717) is 5.75 Å². The number of carbonyl (C=O) groups is 1. The highest BCUT2D eigenvalue weighted by atomic mass is 32.2. The third-order valence-electron chi connectivity index (χ3n) is 4.27. The molecule has 0 radical (unpaired) electrons. The van der Waals surface area contributed by atoms with Crippen LogP contribution in [0.25, 0.3) is 0 Å². The first kappa shape index (κ1) is 18.1. The van der Waals surface area contributed by atoms with Gasteiger partial charge in [0.05, 0.1) is 11.8 Å². The van der Waals surface area contributed by atoms with Gasteiger partial charge in [-0.2, -0.15) is 11.8 Å². The van der Waals surface area contributed by atoms with Crippen LogP contribution in [0.1, 0.15) is 25.5 Å². The molecule has 1 saturated heterocycles. The van der Waals surface area contributed by atoms with Crippen LogP contribution in [0.2, 0.25) is 0 Å². The molecule has 0 spiro atoms. The molecule has 0 bridgehead atoms. The molecule has 23 heavy (non-hydrogen) atoms. The SMILES string of the molecule is CCN1CCN(c2ccc(F)cc2[C@H](C)NC(=O)CSC)CC1. The molecule has 1 amide bonds. The number of rotatable bonds is 6. The minimum absolute atomic E-state index is 0.0176. The van der Waals surface area contributed by atoms with Crippen molar-refractivity contribution in [3.63, 3.8) is 0 Å². The molecule has 4 nitrogen and oxygen atoms in total. The van der Waals surface area contributed by atoms with Gasteiger partial charge in [0.2, 0.25) is 5.91 Å². The van der Waals surface area contributed by atoms with Crippen LogP contribution in [0.15, 0.2) is 18.2 Å². The third kappa shape index (κ3) is 4.85. The molecule has 1 heterocycles. The largest absolute Gasteiger partial charge is 0.369 e. The van der Waals surface area contributed by atoms with Crippen LogP contribution >= 0.6 is 11.8 Å². The van der Waals surface area contributed by atoms with Crippen LogP contribution < -0.4 is 10.2 Å². The summed E-state index contributed by atoms with van der Waals surface area (Å²) in [5.74, 6) is 0.141. The second-order valence-electron chi connectivity index (χ2n) is 5.85. The number of nitrogens with zero attached hydrogens (tertiary/aromatic N) is 2. The quantitative estimate of drug-likeness (QED) is 0.864. The fourth-order valence-electron chi connectivity index (χ4n) is 2.96. The van der Waals surface area contributed by atoms with Gasteiger partial charge < -0.3 is 15.1 Å². The molecule has 1 aromatic carbocycles. The number of anilines is 1. The molecule has 0 saturated carbocycles. The Morgan fingerprint density at radius 1 is 1.35 bits per heavy atom. The molecule has 0 aromatic heterocycles. The van der Waals surface area contributed by atoms with Crippen LogP contribution in [-0.2, 0) is 4.79 Å². The van der Waals surface area contributed by atoms with Crippen LogP contribution in [0, 0.1) is 5.82 Å². The second kappa shape index (κ2) is 8.55. The number of piperazine rings is 1. The number of halogens is 1. The smallest absolute Gasteiger partial charge is 0.230 e. The molecule has 1 N–H and O–H groups in total. The number of benzene rings is 1. The van der Waals surface area contributed by atoms with Gasteiger partial charge in [0, 0.05) is 37.4 Å².